The molecule has 0 aliphatic carbocycles. The minimum absolute atomic E-state index is 0.178. The van der Waals surface area contributed by atoms with Crippen molar-refractivity contribution in [3.63, 3.8) is 0 Å². The number of amides is 1. The van der Waals surface area contributed by atoms with Gasteiger partial charge in [0.2, 0.25) is 5.95 Å². The minimum Gasteiger partial charge on any atom is -0.337 e. The third-order valence-electron chi connectivity index (χ3n) is 3.42. The summed E-state index contributed by atoms with van der Waals surface area (Å²) in [5.74, 6) is 2.62. The molecule has 1 aromatic rings. The van der Waals surface area contributed by atoms with Crippen molar-refractivity contribution in [3.05, 3.63) is 18.5 Å². The molecule has 0 bridgehead atoms. The number of thiocarbonyl (C=S) groups is 1. The molecule has 9 heteroatoms. The van der Waals surface area contributed by atoms with E-state index in [1.54, 1.807) is 35.9 Å². The first-order valence-corrected chi connectivity index (χ1v) is 10.3. The van der Waals surface area contributed by atoms with E-state index in [0.717, 1.165) is 47.2 Å². The molecule has 2 saturated heterocycles. The molecule has 0 spiro atoms. The number of carbonyl (C=O) groups is 1. The van der Waals surface area contributed by atoms with Crippen molar-refractivity contribution in [2.75, 3.05) is 42.6 Å². The SMILES string of the molecule is O=C(SCC1CSC(=S)S1)N1CCN(c2ncccn2)CC1. The summed E-state index contributed by atoms with van der Waals surface area (Å²) in [5, 5.41) is 0.655. The zero-order valence-corrected chi connectivity index (χ0v) is 15.1. The van der Waals surface area contributed by atoms with Crippen LogP contribution in [-0.2, 0) is 0 Å². The Morgan fingerprint density at radius 1 is 1.32 bits per heavy atom. The fourth-order valence-electron chi connectivity index (χ4n) is 2.25. The lowest BCUT2D eigenvalue weighted by molar-refractivity contribution is 0.219. The molecule has 3 heterocycles. The lowest BCUT2D eigenvalue weighted by atomic mass is 10.3. The van der Waals surface area contributed by atoms with Crippen LogP contribution in [0, 0.1) is 0 Å². The molecule has 118 valence electrons. The molecular weight excluding hydrogens is 356 g/mol. The van der Waals surface area contributed by atoms with E-state index in [1.165, 1.54) is 11.8 Å². The van der Waals surface area contributed by atoms with Crippen LogP contribution in [0.3, 0.4) is 0 Å². The summed E-state index contributed by atoms with van der Waals surface area (Å²) >= 11 is 10.0. The number of aromatic nitrogens is 2. The van der Waals surface area contributed by atoms with Gasteiger partial charge >= 0.3 is 0 Å². The lowest BCUT2D eigenvalue weighted by Crippen LogP contribution is -2.48. The van der Waals surface area contributed by atoms with E-state index in [1.807, 2.05) is 11.0 Å². The van der Waals surface area contributed by atoms with Crippen molar-refractivity contribution in [1.82, 2.24) is 14.9 Å². The predicted octanol–water partition coefficient (Wildman–Crippen LogP) is 2.59. The van der Waals surface area contributed by atoms with Crippen molar-refractivity contribution >= 4 is 62.2 Å². The third kappa shape index (κ3) is 4.27. The second kappa shape index (κ2) is 7.85. The maximum Gasteiger partial charge on any atom is 0.281 e. The highest BCUT2D eigenvalue weighted by atomic mass is 32.2. The number of hydrogen-bond donors (Lipinski definition) is 0. The molecule has 22 heavy (non-hydrogen) atoms. The average molecular weight is 373 g/mol. The fraction of sp³-hybridized carbons (Fsp3) is 0.538. The van der Waals surface area contributed by atoms with E-state index < -0.39 is 0 Å². The Morgan fingerprint density at radius 2 is 2.05 bits per heavy atom. The summed E-state index contributed by atoms with van der Waals surface area (Å²) < 4.78 is 1.01. The summed E-state index contributed by atoms with van der Waals surface area (Å²) in [6.07, 6.45) is 3.49. The molecule has 1 amide bonds. The molecule has 0 radical (unpaired) electrons. The van der Waals surface area contributed by atoms with Gasteiger partial charge < -0.3 is 9.80 Å². The first-order chi connectivity index (χ1) is 10.7. The molecular formula is C13H16N4OS4. The van der Waals surface area contributed by atoms with Gasteiger partial charge in [-0.2, -0.15) is 0 Å². The molecule has 2 fully saturated rings. The Morgan fingerprint density at radius 3 is 2.68 bits per heavy atom. The molecule has 3 rings (SSSR count). The number of nitrogens with zero attached hydrogens (tertiary/aromatic N) is 4. The highest BCUT2D eigenvalue weighted by Crippen LogP contribution is 2.35. The molecule has 1 atom stereocenters. The van der Waals surface area contributed by atoms with E-state index in [-0.39, 0.29) is 5.24 Å². The number of thioether (sulfide) groups is 3. The highest BCUT2D eigenvalue weighted by Gasteiger charge is 2.26. The number of hydrogen-bond acceptors (Lipinski definition) is 8. The van der Waals surface area contributed by atoms with E-state index in [0.29, 0.717) is 5.25 Å². The van der Waals surface area contributed by atoms with Gasteiger partial charge in [-0.3, -0.25) is 4.79 Å². The zero-order chi connectivity index (χ0) is 15.4. The molecule has 1 unspecified atom stereocenters. The minimum atomic E-state index is 0.178. The van der Waals surface area contributed by atoms with Crippen LogP contribution in [0.2, 0.25) is 0 Å². The summed E-state index contributed by atoms with van der Waals surface area (Å²) in [4.78, 5) is 24.8. The van der Waals surface area contributed by atoms with E-state index in [2.05, 4.69) is 14.9 Å². The Kier molecular flexibility index (Phi) is 5.83. The van der Waals surface area contributed by atoms with Gasteiger partial charge in [-0.05, 0) is 6.07 Å². The van der Waals surface area contributed by atoms with Gasteiger partial charge in [-0.15, -0.1) is 23.5 Å². The molecule has 0 aromatic carbocycles. The van der Waals surface area contributed by atoms with E-state index in [9.17, 15) is 4.79 Å². The monoisotopic (exact) mass is 372 g/mol. The molecule has 0 N–H and O–H groups in total. The first kappa shape index (κ1) is 16.4. The van der Waals surface area contributed by atoms with E-state index in [4.69, 9.17) is 12.2 Å². The topological polar surface area (TPSA) is 49.3 Å². The van der Waals surface area contributed by atoms with Crippen LogP contribution in [0.5, 0.6) is 0 Å². The highest BCUT2D eigenvalue weighted by molar-refractivity contribution is 8.49. The number of carbonyl (C=O) groups excluding carboxylic acids is 1. The summed E-state index contributed by atoms with van der Waals surface area (Å²) in [7, 11) is 0. The smallest absolute Gasteiger partial charge is 0.281 e. The van der Waals surface area contributed by atoms with Crippen LogP contribution in [0.15, 0.2) is 18.5 Å². The summed E-state index contributed by atoms with van der Waals surface area (Å²) in [6, 6.07) is 1.81. The van der Waals surface area contributed by atoms with Crippen molar-refractivity contribution in [1.29, 1.82) is 0 Å². The zero-order valence-electron chi connectivity index (χ0n) is 11.9. The number of piperazine rings is 1. The molecule has 5 nitrogen and oxygen atoms in total. The van der Waals surface area contributed by atoms with Gasteiger partial charge in [0.15, 0.2) is 0 Å². The van der Waals surface area contributed by atoms with Crippen LogP contribution in [0.4, 0.5) is 10.7 Å². The van der Waals surface area contributed by atoms with Crippen molar-refractivity contribution in [2.24, 2.45) is 0 Å². The van der Waals surface area contributed by atoms with Gasteiger partial charge in [0, 0.05) is 55.3 Å². The van der Waals surface area contributed by atoms with Crippen LogP contribution in [-0.4, -0.2) is 66.6 Å². The van der Waals surface area contributed by atoms with Crippen LogP contribution < -0.4 is 4.90 Å². The molecule has 2 aliphatic heterocycles. The standard InChI is InChI=1S/C13H16N4OS4/c18-12(20-8-10-9-21-13(19)22-10)17-6-4-16(5-7-17)11-14-2-1-3-15-11/h1-3,10H,4-9H2. The molecule has 0 saturated carbocycles. The second-order valence-corrected chi connectivity index (χ2v) is 9.40. The van der Waals surface area contributed by atoms with Crippen LogP contribution in [0.1, 0.15) is 0 Å². The summed E-state index contributed by atoms with van der Waals surface area (Å²) in [6.45, 7) is 3.03. The van der Waals surface area contributed by atoms with Crippen molar-refractivity contribution in [3.8, 4) is 0 Å². The first-order valence-electron chi connectivity index (χ1n) is 6.99. The van der Waals surface area contributed by atoms with Gasteiger partial charge in [-0.1, -0.05) is 24.0 Å². The summed E-state index contributed by atoms with van der Waals surface area (Å²) in [5.41, 5.74) is 0. The van der Waals surface area contributed by atoms with Gasteiger partial charge in [0.05, 0.1) is 0 Å². The maximum atomic E-state index is 12.3. The van der Waals surface area contributed by atoms with Gasteiger partial charge in [0.1, 0.15) is 3.53 Å². The Balaban J connectivity index is 1.43. The number of anilines is 1. The lowest BCUT2D eigenvalue weighted by Gasteiger charge is -2.34. The molecule has 1 aromatic heterocycles. The van der Waals surface area contributed by atoms with Gasteiger partial charge in [0.25, 0.3) is 5.24 Å². The Bertz CT molecular complexity index is 536. The van der Waals surface area contributed by atoms with Crippen molar-refractivity contribution in [2.45, 2.75) is 5.25 Å². The fourth-order valence-corrected chi connectivity index (χ4v) is 6.37. The van der Waals surface area contributed by atoms with Crippen molar-refractivity contribution < 1.29 is 4.79 Å². The maximum absolute atomic E-state index is 12.3. The van der Waals surface area contributed by atoms with Crippen LogP contribution >= 0.6 is 47.5 Å². The van der Waals surface area contributed by atoms with E-state index >= 15 is 0 Å². The second-order valence-electron chi connectivity index (χ2n) is 4.90. The third-order valence-corrected chi connectivity index (χ3v) is 7.86. The molecule has 2 aliphatic rings. The Labute approximate surface area is 148 Å². The number of rotatable bonds is 3. The largest absolute Gasteiger partial charge is 0.337 e. The average Bonchev–Trinajstić information content (AvgIpc) is 2.99. The Hall–Kier alpha value is -0.510. The normalized spacial score (nSPS) is 22.2. The quantitative estimate of drug-likeness (QED) is 0.751. The van der Waals surface area contributed by atoms with Crippen LogP contribution in [0.25, 0.3) is 0 Å². The van der Waals surface area contributed by atoms with Gasteiger partial charge in [-0.25, -0.2) is 9.97 Å². The predicted molar refractivity (Wildman–Crippen MR) is 100 cm³/mol.